The van der Waals surface area contributed by atoms with E-state index in [-0.39, 0.29) is 5.75 Å². The Morgan fingerprint density at radius 3 is 2.61 bits per heavy atom. The van der Waals surface area contributed by atoms with Crippen molar-refractivity contribution < 1.29 is 14.3 Å². The van der Waals surface area contributed by atoms with Crippen LogP contribution in [0.3, 0.4) is 0 Å². The van der Waals surface area contributed by atoms with Gasteiger partial charge < -0.3 is 10.1 Å². The molecule has 1 atom stereocenters. The normalized spacial score (nSPS) is 11.6. The van der Waals surface area contributed by atoms with E-state index in [4.69, 9.17) is 16.3 Å². The molecule has 1 amide bonds. The van der Waals surface area contributed by atoms with Crippen LogP contribution in [0.5, 0.6) is 0 Å². The highest BCUT2D eigenvalue weighted by Gasteiger charge is 2.18. The summed E-state index contributed by atoms with van der Waals surface area (Å²) in [4.78, 5) is 24.8. The lowest BCUT2D eigenvalue weighted by Crippen LogP contribution is -2.30. The summed E-state index contributed by atoms with van der Waals surface area (Å²) in [6.07, 6.45) is -0.877. The number of hydrogen-bond donors (Lipinski definition) is 1. The predicted octanol–water partition coefficient (Wildman–Crippen LogP) is 4.00. The zero-order valence-electron chi connectivity index (χ0n) is 12.5. The van der Waals surface area contributed by atoms with E-state index in [2.05, 4.69) is 5.32 Å². The van der Waals surface area contributed by atoms with Crippen LogP contribution in [0.2, 0.25) is 5.02 Å². The number of carbonyl (C=O) groups is 2. The van der Waals surface area contributed by atoms with E-state index in [1.54, 1.807) is 24.3 Å². The Morgan fingerprint density at radius 1 is 1.17 bits per heavy atom. The summed E-state index contributed by atoms with van der Waals surface area (Å²) in [5.41, 5.74) is 0.559. The van der Waals surface area contributed by atoms with E-state index >= 15 is 0 Å². The second kappa shape index (κ2) is 8.60. The second-order valence-electron chi connectivity index (χ2n) is 4.73. The molecule has 0 fully saturated rings. The number of esters is 1. The van der Waals surface area contributed by atoms with E-state index in [1.807, 2.05) is 30.3 Å². The highest BCUT2D eigenvalue weighted by molar-refractivity contribution is 8.00. The Balaban J connectivity index is 1.79. The van der Waals surface area contributed by atoms with Gasteiger partial charge in [0.1, 0.15) is 0 Å². The average molecular weight is 350 g/mol. The van der Waals surface area contributed by atoms with Crippen LogP contribution in [0.1, 0.15) is 6.92 Å². The molecule has 2 rings (SSSR count). The van der Waals surface area contributed by atoms with Gasteiger partial charge in [0, 0.05) is 15.6 Å². The molecule has 6 heteroatoms. The Hall–Kier alpha value is -1.98. The highest BCUT2D eigenvalue weighted by atomic mass is 35.5. The molecule has 4 nitrogen and oxygen atoms in total. The smallest absolute Gasteiger partial charge is 0.317 e. The molecule has 23 heavy (non-hydrogen) atoms. The molecule has 0 unspecified atom stereocenters. The Labute approximate surface area is 144 Å². The monoisotopic (exact) mass is 349 g/mol. The van der Waals surface area contributed by atoms with E-state index < -0.39 is 18.0 Å². The van der Waals surface area contributed by atoms with Crippen molar-refractivity contribution in [3.63, 3.8) is 0 Å². The highest BCUT2D eigenvalue weighted by Crippen LogP contribution is 2.18. The van der Waals surface area contributed by atoms with E-state index in [0.717, 1.165) is 4.90 Å². The summed E-state index contributed by atoms with van der Waals surface area (Å²) < 4.78 is 5.13. The number of rotatable bonds is 6. The van der Waals surface area contributed by atoms with Gasteiger partial charge in [-0.05, 0) is 37.3 Å². The predicted molar refractivity (Wildman–Crippen MR) is 92.8 cm³/mol. The summed E-state index contributed by atoms with van der Waals surface area (Å²) in [6.45, 7) is 1.53. The van der Waals surface area contributed by atoms with Gasteiger partial charge in [0.15, 0.2) is 6.10 Å². The number of benzene rings is 2. The van der Waals surface area contributed by atoms with Crippen molar-refractivity contribution in [2.75, 3.05) is 11.1 Å². The van der Waals surface area contributed by atoms with Gasteiger partial charge in [0.05, 0.1) is 5.75 Å². The first kappa shape index (κ1) is 17.4. The molecule has 0 heterocycles. The number of amides is 1. The maximum atomic E-state index is 12.0. The van der Waals surface area contributed by atoms with E-state index in [1.165, 1.54) is 18.7 Å². The van der Waals surface area contributed by atoms with Gasteiger partial charge in [0.25, 0.3) is 5.91 Å². The topological polar surface area (TPSA) is 55.4 Å². The van der Waals surface area contributed by atoms with Gasteiger partial charge in [-0.15, -0.1) is 11.8 Å². The van der Waals surface area contributed by atoms with Gasteiger partial charge in [-0.2, -0.15) is 0 Å². The number of carbonyl (C=O) groups excluding carboxylic acids is 2. The standard InChI is InChI=1S/C17H16ClNO3S/c1-12(17(21)19-14-7-5-6-13(18)10-14)22-16(20)11-23-15-8-3-2-4-9-15/h2-10,12H,11H2,1H3,(H,19,21)/t12-/m1/s1. The lowest BCUT2D eigenvalue weighted by atomic mass is 10.3. The number of anilines is 1. The maximum Gasteiger partial charge on any atom is 0.317 e. The minimum atomic E-state index is -0.877. The molecule has 0 aliphatic heterocycles. The fourth-order valence-corrected chi connectivity index (χ4v) is 2.65. The molecule has 120 valence electrons. The van der Waals surface area contributed by atoms with Crippen molar-refractivity contribution in [1.82, 2.24) is 0 Å². The van der Waals surface area contributed by atoms with Crippen molar-refractivity contribution in [2.24, 2.45) is 0 Å². The molecule has 0 aliphatic rings. The third-order valence-corrected chi connectivity index (χ3v) is 4.09. The Bertz CT molecular complexity index is 679. The lowest BCUT2D eigenvalue weighted by Gasteiger charge is -2.13. The first-order valence-electron chi connectivity index (χ1n) is 6.98. The third kappa shape index (κ3) is 5.96. The van der Waals surface area contributed by atoms with E-state index in [0.29, 0.717) is 10.7 Å². The first-order valence-corrected chi connectivity index (χ1v) is 8.35. The van der Waals surface area contributed by atoms with Gasteiger partial charge in [-0.25, -0.2) is 0 Å². The van der Waals surface area contributed by atoms with Crippen LogP contribution in [0.15, 0.2) is 59.5 Å². The van der Waals surface area contributed by atoms with Crippen molar-refractivity contribution in [3.05, 3.63) is 59.6 Å². The Kier molecular flexibility index (Phi) is 6.50. The zero-order chi connectivity index (χ0) is 16.7. The quantitative estimate of drug-likeness (QED) is 0.632. The van der Waals surface area contributed by atoms with Gasteiger partial charge in [-0.1, -0.05) is 35.9 Å². The van der Waals surface area contributed by atoms with Crippen molar-refractivity contribution in [3.8, 4) is 0 Å². The fourth-order valence-electron chi connectivity index (χ4n) is 1.75. The molecule has 0 spiro atoms. The molecule has 0 bridgehead atoms. The van der Waals surface area contributed by atoms with Crippen LogP contribution in [0.25, 0.3) is 0 Å². The van der Waals surface area contributed by atoms with Gasteiger partial charge >= 0.3 is 5.97 Å². The van der Waals surface area contributed by atoms with Crippen molar-refractivity contribution >= 4 is 40.9 Å². The van der Waals surface area contributed by atoms with Crippen LogP contribution < -0.4 is 5.32 Å². The molecular weight excluding hydrogens is 334 g/mol. The molecule has 0 saturated heterocycles. The summed E-state index contributed by atoms with van der Waals surface area (Å²) in [7, 11) is 0. The molecule has 0 aliphatic carbocycles. The second-order valence-corrected chi connectivity index (χ2v) is 6.22. The number of ether oxygens (including phenoxy) is 1. The third-order valence-electron chi connectivity index (χ3n) is 2.87. The maximum absolute atomic E-state index is 12.0. The minimum Gasteiger partial charge on any atom is -0.452 e. The summed E-state index contributed by atoms with van der Waals surface area (Å²) in [5.74, 6) is -0.684. The largest absolute Gasteiger partial charge is 0.452 e. The Morgan fingerprint density at radius 2 is 1.91 bits per heavy atom. The molecule has 1 N–H and O–H groups in total. The molecular formula is C17H16ClNO3S. The first-order chi connectivity index (χ1) is 11.0. The van der Waals surface area contributed by atoms with E-state index in [9.17, 15) is 9.59 Å². The molecule has 0 radical (unpaired) electrons. The molecule has 0 aromatic heterocycles. The molecule has 0 saturated carbocycles. The number of nitrogens with one attached hydrogen (secondary N) is 1. The van der Waals surface area contributed by atoms with Crippen LogP contribution in [-0.2, 0) is 14.3 Å². The minimum absolute atomic E-state index is 0.152. The molecule has 2 aromatic rings. The van der Waals surface area contributed by atoms with Crippen molar-refractivity contribution in [2.45, 2.75) is 17.9 Å². The lowest BCUT2D eigenvalue weighted by molar-refractivity contribution is -0.150. The van der Waals surface area contributed by atoms with Crippen LogP contribution in [0.4, 0.5) is 5.69 Å². The SMILES string of the molecule is C[C@@H](OC(=O)CSc1ccccc1)C(=O)Nc1cccc(Cl)c1. The van der Waals surface area contributed by atoms with Gasteiger partial charge in [0.2, 0.25) is 0 Å². The van der Waals surface area contributed by atoms with Gasteiger partial charge in [-0.3, -0.25) is 9.59 Å². The van der Waals surface area contributed by atoms with Crippen LogP contribution in [-0.4, -0.2) is 23.7 Å². The number of thioether (sulfide) groups is 1. The van der Waals surface area contributed by atoms with Crippen LogP contribution in [0, 0.1) is 0 Å². The summed E-state index contributed by atoms with van der Waals surface area (Å²) >= 11 is 7.22. The number of halogens is 1. The number of hydrogen-bond acceptors (Lipinski definition) is 4. The summed E-state index contributed by atoms with van der Waals surface area (Å²) in [6, 6.07) is 16.3. The molecule has 2 aromatic carbocycles. The summed E-state index contributed by atoms with van der Waals surface area (Å²) in [5, 5.41) is 3.17. The fraction of sp³-hybridized carbons (Fsp3) is 0.176. The zero-order valence-corrected chi connectivity index (χ0v) is 14.1. The average Bonchev–Trinajstić information content (AvgIpc) is 2.54. The van der Waals surface area contributed by atoms with Crippen molar-refractivity contribution in [1.29, 1.82) is 0 Å². The van der Waals surface area contributed by atoms with Crippen LogP contribution >= 0.6 is 23.4 Å².